The fraction of sp³-hybridized carbons (Fsp3) is 0.300. The number of nitro benzene ring substituents is 1. The minimum Gasteiger partial charge on any atom is -0.480 e. The third-order valence-electron chi connectivity index (χ3n) is 3.77. The topological polar surface area (TPSA) is 119 Å². The van der Waals surface area contributed by atoms with Gasteiger partial charge in [-0.25, -0.2) is 9.59 Å². The molecule has 2 N–H and O–H groups in total. The number of carboxylic acid groups (broad SMARTS) is 1. The lowest BCUT2D eigenvalue weighted by molar-refractivity contribution is -0.384. The maximum Gasteiger partial charge on any atom is 0.408 e. The van der Waals surface area contributed by atoms with Gasteiger partial charge in [0.25, 0.3) is 5.69 Å². The second kappa shape index (κ2) is 8.51. The molecule has 0 aliphatic rings. The standard InChI is InChI=1S/C20H22N2O6/c1-20(2,3)28-19(25)21-17(18(23)24)11-13-7-9-14(10-8-13)15-5-4-6-16(12-15)22(26)27/h4-10,12,17H,11H2,1-3H3,(H,21,25)(H,23,24)/t17-/m0/s1. The van der Waals surface area contributed by atoms with Crippen molar-refractivity contribution in [3.63, 3.8) is 0 Å². The summed E-state index contributed by atoms with van der Waals surface area (Å²) in [5, 5.41) is 22.6. The number of nitrogens with zero attached hydrogens (tertiary/aromatic N) is 1. The van der Waals surface area contributed by atoms with Crippen LogP contribution in [0.3, 0.4) is 0 Å². The highest BCUT2D eigenvalue weighted by molar-refractivity contribution is 5.80. The predicted molar refractivity (Wildman–Crippen MR) is 103 cm³/mol. The number of aliphatic carboxylic acids is 1. The fourth-order valence-electron chi connectivity index (χ4n) is 2.52. The molecule has 0 radical (unpaired) electrons. The van der Waals surface area contributed by atoms with Gasteiger partial charge in [-0.05, 0) is 37.5 Å². The number of nitrogens with one attached hydrogen (secondary N) is 1. The Morgan fingerprint density at radius 1 is 1.14 bits per heavy atom. The van der Waals surface area contributed by atoms with Crippen LogP contribution in [0.5, 0.6) is 0 Å². The molecule has 1 amide bonds. The first-order valence-electron chi connectivity index (χ1n) is 8.61. The monoisotopic (exact) mass is 386 g/mol. The number of amides is 1. The maximum atomic E-state index is 11.8. The SMILES string of the molecule is CC(C)(C)OC(=O)N[C@@H](Cc1ccc(-c2cccc([N+](=O)[O-])c2)cc1)C(=O)O. The number of benzene rings is 2. The fourth-order valence-corrected chi connectivity index (χ4v) is 2.52. The molecule has 0 aromatic heterocycles. The smallest absolute Gasteiger partial charge is 0.408 e. The molecule has 0 aliphatic heterocycles. The zero-order valence-electron chi connectivity index (χ0n) is 15.8. The van der Waals surface area contributed by atoms with Gasteiger partial charge in [-0.1, -0.05) is 36.4 Å². The molecule has 8 heteroatoms. The Kier molecular flexibility index (Phi) is 6.35. The lowest BCUT2D eigenvalue weighted by atomic mass is 10.0. The summed E-state index contributed by atoms with van der Waals surface area (Å²) in [7, 11) is 0. The highest BCUT2D eigenvalue weighted by Crippen LogP contribution is 2.24. The number of hydrogen-bond acceptors (Lipinski definition) is 5. The van der Waals surface area contributed by atoms with Gasteiger partial charge >= 0.3 is 12.1 Å². The molecule has 0 heterocycles. The Bertz CT molecular complexity index is 871. The Balaban J connectivity index is 2.11. The summed E-state index contributed by atoms with van der Waals surface area (Å²) in [6.07, 6.45) is -0.725. The largest absolute Gasteiger partial charge is 0.480 e. The first-order chi connectivity index (χ1) is 13.0. The van der Waals surface area contributed by atoms with E-state index in [9.17, 15) is 24.8 Å². The number of carbonyl (C=O) groups excluding carboxylic acids is 1. The van der Waals surface area contributed by atoms with Gasteiger partial charge in [-0.2, -0.15) is 0 Å². The number of carboxylic acids is 1. The van der Waals surface area contributed by atoms with E-state index in [1.165, 1.54) is 12.1 Å². The van der Waals surface area contributed by atoms with Crippen LogP contribution in [0.25, 0.3) is 11.1 Å². The van der Waals surface area contributed by atoms with Crippen molar-refractivity contribution in [2.75, 3.05) is 0 Å². The number of hydrogen-bond donors (Lipinski definition) is 2. The lowest BCUT2D eigenvalue weighted by Gasteiger charge is -2.22. The van der Waals surface area contributed by atoms with Crippen molar-refractivity contribution >= 4 is 17.7 Å². The van der Waals surface area contributed by atoms with Gasteiger partial charge in [0, 0.05) is 18.6 Å². The molecule has 8 nitrogen and oxygen atoms in total. The number of carbonyl (C=O) groups is 2. The third kappa shape index (κ3) is 6.08. The van der Waals surface area contributed by atoms with Crippen LogP contribution in [0.15, 0.2) is 48.5 Å². The second-order valence-corrected chi connectivity index (χ2v) is 7.25. The van der Waals surface area contributed by atoms with Crippen LogP contribution < -0.4 is 5.32 Å². The molecule has 28 heavy (non-hydrogen) atoms. The molecule has 0 aliphatic carbocycles. The summed E-state index contributed by atoms with van der Waals surface area (Å²) in [5.41, 5.74) is 1.40. The first kappa shape index (κ1) is 20.9. The van der Waals surface area contributed by atoms with Crippen molar-refractivity contribution in [1.29, 1.82) is 0 Å². The van der Waals surface area contributed by atoms with E-state index in [0.717, 1.165) is 5.56 Å². The van der Waals surface area contributed by atoms with Crippen LogP contribution in [-0.2, 0) is 16.0 Å². The zero-order chi connectivity index (χ0) is 20.9. The van der Waals surface area contributed by atoms with Crippen molar-refractivity contribution in [3.05, 3.63) is 64.2 Å². The molecule has 0 spiro atoms. The first-order valence-corrected chi connectivity index (χ1v) is 8.61. The van der Waals surface area contributed by atoms with Gasteiger partial charge in [0.05, 0.1) is 4.92 Å². The van der Waals surface area contributed by atoms with Crippen LogP contribution in [0, 0.1) is 10.1 Å². The van der Waals surface area contributed by atoms with E-state index in [1.54, 1.807) is 57.2 Å². The molecule has 1 atom stereocenters. The van der Waals surface area contributed by atoms with Crippen molar-refractivity contribution in [2.45, 2.75) is 38.8 Å². The lowest BCUT2D eigenvalue weighted by Crippen LogP contribution is -2.44. The van der Waals surface area contributed by atoms with Crippen molar-refractivity contribution in [3.8, 4) is 11.1 Å². The van der Waals surface area contributed by atoms with Gasteiger partial charge in [0.15, 0.2) is 0 Å². The Labute approximate surface area is 162 Å². The van der Waals surface area contributed by atoms with Crippen LogP contribution in [0.1, 0.15) is 26.3 Å². The molecule has 0 saturated carbocycles. The van der Waals surface area contributed by atoms with E-state index < -0.39 is 28.6 Å². The van der Waals surface area contributed by atoms with Crippen LogP contribution in [0.4, 0.5) is 10.5 Å². The van der Waals surface area contributed by atoms with E-state index in [0.29, 0.717) is 11.1 Å². The second-order valence-electron chi connectivity index (χ2n) is 7.25. The molecule has 0 saturated heterocycles. The van der Waals surface area contributed by atoms with Gasteiger partial charge < -0.3 is 15.2 Å². The highest BCUT2D eigenvalue weighted by atomic mass is 16.6. The van der Waals surface area contributed by atoms with Gasteiger partial charge in [0.2, 0.25) is 0 Å². The molecular formula is C20H22N2O6. The van der Waals surface area contributed by atoms with Gasteiger partial charge in [-0.3, -0.25) is 10.1 Å². The molecular weight excluding hydrogens is 364 g/mol. The Hall–Kier alpha value is -3.42. The van der Waals surface area contributed by atoms with E-state index in [1.807, 2.05) is 0 Å². The molecule has 0 fully saturated rings. The van der Waals surface area contributed by atoms with E-state index in [4.69, 9.17) is 4.74 Å². The summed E-state index contributed by atoms with van der Waals surface area (Å²) in [4.78, 5) is 33.7. The molecule has 2 aromatic rings. The summed E-state index contributed by atoms with van der Waals surface area (Å²) in [6, 6.07) is 12.1. The number of alkyl carbamates (subject to hydrolysis) is 1. The Morgan fingerprint density at radius 2 is 1.79 bits per heavy atom. The number of rotatable bonds is 6. The van der Waals surface area contributed by atoms with E-state index in [2.05, 4.69) is 5.32 Å². The van der Waals surface area contributed by atoms with Crippen molar-refractivity contribution < 1.29 is 24.4 Å². The number of non-ortho nitro benzene ring substituents is 1. The summed E-state index contributed by atoms with van der Waals surface area (Å²) >= 11 is 0. The Morgan fingerprint density at radius 3 is 2.32 bits per heavy atom. The molecule has 2 rings (SSSR count). The summed E-state index contributed by atoms with van der Waals surface area (Å²) in [6.45, 7) is 5.07. The van der Waals surface area contributed by atoms with Crippen molar-refractivity contribution in [2.24, 2.45) is 0 Å². The molecule has 148 valence electrons. The average Bonchev–Trinajstić information content (AvgIpc) is 2.60. The van der Waals surface area contributed by atoms with Crippen LogP contribution in [-0.4, -0.2) is 33.7 Å². The quantitative estimate of drug-likeness (QED) is 0.576. The average molecular weight is 386 g/mol. The molecule has 0 bridgehead atoms. The minimum absolute atomic E-state index is 0.00548. The van der Waals surface area contributed by atoms with Gasteiger partial charge in [0.1, 0.15) is 11.6 Å². The normalized spacial score (nSPS) is 12.1. The minimum atomic E-state index is -1.17. The van der Waals surface area contributed by atoms with Crippen LogP contribution >= 0.6 is 0 Å². The van der Waals surface area contributed by atoms with Crippen molar-refractivity contribution in [1.82, 2.24) is 5.32 Å². The predicted octanol–water partition coefficient (Wildman–Crippen LogP) is 3.78. The van der Waals surface area contributed by atoms with Gasteiger partial charge in [-0.15, -0.1) is 0 Å². The third-order valence-corrected chi connectivity index (χ3v) is 3.77. The van der Waals surface area contributed by atoms with E-state index >= 15 is 0 Å². The molecule has 2 aromatic carbocycles. The summed E-state index contributed by atoms with van der Waals surface area (Å²) < 4.78 is 5.10. The number of ether oxygens (including phenoxy) is 1. The molecule has 0 unspecified atom stereocenters. The number of nitro groups is 1. The zero-order valence-corrected chi connectivity index (χ0v) is 15.8. The summed E-state index contributed by atoms with van der Waals surface area (Å²) in [5.74, 6) is -1.17. The maximum absolute atomic E-state index is 11.8. The van der Waals surface area contributed by atoms with E-state index in [-0.39, 0.29) is 12.1 Å². The van der Waals surface area contributed by atoms with Crippen LogP contribution in [0.2, 0.25) is 0 Å². The highest BCUT2D eigenvalue weighted by Gasteiger charge is 2.24.